The Morgan fingerprint density at radius 1 is 1.47 bits per heavy atom. The fourth-order valence-electron chi connectivity index (χ4n) is 1.76. The Bertz CT molecular complexity index is 420. The van der Waals surface area contributed by atoms with Gasteiger partial charge in [0.05, 0.1) is 6.07 Å². The number of nitriles is 1. The van der Waals surface area contributed by atoms with E-state index in [9.17, 15) is 0 Å². The lowest BCUT2D eigenvalue weighted by Crippen LogP contribution is -2.27. The molecule has 0 spiro atoms. The Balaban J connectivity index is 2.38. The first-order valence-corrected chi connectivity index (χ1v) is 4.78. The highest BCUT2D eigenvalue weighted by molar-refractivity contribution is 5.58. The molecule has 76 valence electrons. The number of hydrogen-bond donors (Lipinski definition) is 0. The van der Waals surface area contributed by atoms with Crippen molar-refractivity contribution in [3.05, 3.63) is 41.6 Å². The molecule has 1 aliphatic heterocycles. The van der Waals surface area contributed by atoms with Crippen LogP contribution in [0.4, 0.5) is 0 Å². The average molecular weight is 200 g/mol. The maximum atomic E-state index is 9.15. The van der Waals surface area contributed by atoms with Crippen LogP contribution < -0.4 is 0 Å². The van der Waals surface area contributed by atoms with Gasteiger partial charge in [-0.25, -0.2) is 0 Å². The third-order valence-electron chi connectivity index (χ3n) is 2.47. The van der Waals surface area contributed by atoms with E-state index in [0.717, 1.165) is 11.1 Å². The van der Waals surface area contributed by atoms with Crippen LogP contribution in [0.2, 0.25) is 0 Å². The van der Waals surface area contributed by atoms with Crippen LogP contribution in [0, 0.1) is 11.3 Å². The smallest absolute Gasteiger partial charge is 0.144 e. The predicted molar refractivity (Wildman–Crippen MR) is 57.5 cm³/mol. The molecule has 0 bridgehead atoms. The fourth-order valence-corrected chi connectivity index (χ4v) is 1.76. The van der Waals surface area contributed by atoms with Crippen LogP contribution >= 0.6 is 0 Å². The fraction of sp³-hybridized carbons (Fsp3) is 0.250. The molecule has 0 fully saturated rings. The number of ether oxygens (including phenoxy) is 1. The summed E-state index contributed by atoms with van der Waals surface area (Å²) in [4.78, 5) is 1.88. The molecule has 1 aliphatic rings. The van der Waals surface area contributed by atoms with Gasteiger partial charge in [-0.15, -0.1) is 0 Å². The summed E-state index contributed by atoms with van der Waals surface area (Å²) in [6.07, 6.45) is 3.90. The van der Waals surface area contributed by atoms with Gasteiger partial charge in [0.2, 0.25) is 0 Å². The zero-order valence-corrected chi connectivity index (χ0v) is 8.55. The minimum atomic E-state index is -0.244. The van der Waals surface area contributed by atoms with Gasteiger partial charge in [0.1, 0.15) is 12.8 Å². The summed E-state index contributed by atoms with van der Waals surface area (Å²) in [6, 6.07) is 9.97. The third-order valence-corrected chi connectivity index (χ3v) is 2.47. The van der Waals surface area contributed by atoms with E-state index in [1.54, 1.807) is 7.11 Å². The van der Waals surface area contributed by atoms with Crippen molar-refractivity contribution in [1.82, 2.24) is 4.90 Å². The highest BCUT2D eigenvalue weighted by Gasteiger charge is 2.22. The number of hydrogen-bond acceptors (Lipinski definition) is 3. The van der Waals surface area contributed by atoms with Gasteiger partial charge in [0.25, 0.3) is 0 Å². The molecule has 0 aromatic heterocycles. The Morgan fingerprint density at radius 3 is 3.00 bits per heavy atom. The van der Waals surface area contributed by atoms with Crippen LogP contribution in [0.1, 0.15) is 17.2 Å². The van der Waals surface area contributed by atoms with Gasteiger partial charge in [0, 0.05) is 13.3 Å². The molecule has 1 atom stereocenters. The lowest BCUT2D eigenvalue weighted by atomic mass is 9.97. The van der Waals surface area contributed by atoms with E-state index in [-0.39, 0.29) is 6.04 Å². The Hall–Kier alpha value is -1.79. The standard InChI is InChI=1S/C12H12N2O/c1-15-9-14-7-6-10-4-2-3-5-11(10)12(14)8-13/h2-7,12H,9H2,1H3. The summed E-state index contributed by atoms with van der Waals surface area (Å²) >= 11 is 0. The monoisotopic (exact) mass is 200 g/mol. The Labute approximate surface area is 89.2 Å². The van der Waals surface area contributed by atoms with E-state index in [0.29, 0.717) is 6.73 Å². The largest absolute Gasteiger partial charge is 0.364 e. The minimum absolute atomic E-state index is 0.244. The predicted octanol–water partition coefficient (Wildman–Crippen LogP) is 2.14. The van der Waals surface area contributed by atoms with Crippen LogP contribution in [-0.4, -0.2) is 18.7 Å². The van der Waals surface area contributed by atoms with Gasteiger partial charge in [-0.2, -0.15) is 5.26 Å². The molecule has 0 saturated carbocycles. The van der Waals surface area contributed by atoms with E-state index >= 15 is 0 Å². The van der Waals surface area contributed by atoms with Gasteiger partial charge in [-0.3, -0.25) is 0 Å². The molecule has 1 unspecified atom stereocenters. The van der Waals surface area contributed by atoms with Crippen LogP contribution in [0.25, 0.3) is 6.08 Å². The molecule has 2 rings (SSSR count). The number of methoxy groups -OCH3 is 1. The summed E-state index contributed by atoms with van der Waals surface area (Å²) < 4.78 is 5.05. The second kappa shape index (κ2) is 4.16. The number of nitrogens with zero attached hydrogens (tertiary/aromatic N) is 2. The highest BCUT2D eigenvalue weighted by atomic mass is 16.5. The van der Waals surface area contributed by atoms with Gasteiger partial charge >= 0.3 is 0 Å². The van der Waals surface area contributed by atoms with Crippen LogP contribution in [0.3, 0.4) is 0 Å². The van der Waals surface area contributed by atoms with Crippen molar-refractivity contribution < 1.29 is 4.74 Å². The van der Waals surface area contributed by atoms with E-state index in [2.05, 4.69) is 6.07 Å². The first kappa shape index (κ1) is 9.75. The van der Waals surface area contributed by atoms with Crippen molar-refractivity contribution in [2.75, 3.05) is 13.8 Å². The minimum Gasteiger partial charge on any atom is -0.364 e. The molecule has 0 saturated heterocycles. The zero-order valence-electron chi connectivity index (χ0n) is 8.55. The molecule has 1 aromatic rings. The molecule has 1 aromatic carbocycles. The summed E-state index contributed by atoms with van der Waals surface area (Å²) in [6.45, 7) is 0.434. The normalized spacial score (nSPS) is 18.4. The van der Waals surface area contributed by atoms with Gasteiger partial charge < -0.3 is 9.64 Å². The maximum Gasteiger partial charge on any atom is 0.144 e. The first-order valence-electron chi connectivity index (χ1n) is 4.78. The van der Waals surface area contributed by atoms with Crippen molar-refractivity contribution in [1.29, 1.82) is 5.26 Å². The second-order valence-corrected chi connectivity index (χ2v) is 3.41. The summed E-state index contributed by atoms with van der Waals surface area (Å²) in [7, 11) is 1.63. The molecule has 0 aliphatic carbocycles. The maximum absolute atomic E-state index is 9.15. The topological polar surface area (TPSA) is 36.3 Å². The van der Waals surface area contributed by atoms with Crippen molar-refractivity contribution in [3.8, 4) is 6.07 Å². The van der Waals surface area contributed by atoms with E-state index in [1.807, 2.05) is 41.4 Å². The van der Waals surface area contributed by atoms with Crippen molar-refractivity contribution in [3.63, 3.8) is 0 Å². The molecular weight excluding hydrogens is 188 g/mol. The summed E-state index contributed by atoms with van der Waals surface area (Å²) in [5.41, 5.74) is 2.15. The lowest BCUT2D eigenvalue weighted by molar-refractivity contribution is 0.0814. The van der Waals surface area contributed by atoms with Gasteiger partial charge in [0.15, 0.2) is 0 Å². The molecule has 3 heteroatoms. The molecule has 15 heavy (non-hydrogen) atoms. The number of benzene rings is 1. The second-order valence-electron chi connectivity index (χ2n) is 3.41. The zero-order chi connectivity index (χ0) is 10.7. The molecule has 3 nitrogen and oxygen atoms in total. The summed E-state index contributed by atoms with van der Waals surface area (Å²) in [5, 5.41) is 9.15. The van der Waals surface area contributed by atoms with E-state index in [4.69, 9.17) is 10.00 Å². The average Bonchev–Trinajstić information content (AvgIpc) is 2.29. The quantitative estimate of drug-likeness (QED) is 0.733. The van der Waals surface area contributed by atoms with Gasteiger partial charge in [-0.1, -0.05) is 24.3 Å². The number of fused-ring (bicyclic) bond motifs is 1. The lowest BCUT2D eigenvalue weighted by Gasteiger charge is -2.29. The Kier molecular flexibility index (Phi) is 2.70. The van der Waals surface area contributed by atoms with Crippen molar-refractivity contribution in [2.24, 2.45) is 0 Å². The number of rotatable bonds is 2. The molecule has 0 N–H and O–H groups in total. The SMILES string of the molecule is COCN1C=Cc2ccccc2C1C#N. The molecule has 0 amide bonds. The summed E-state index contributed by atoms with van der Waals surface area (Å²) in [5.74, 6) is 0. The molecular formula is C12H12N2O. The van der Waals surface area contributed by atoms with Crippen LogP contribution in [-0.2, 0) is 4.74 Å². The highest BCUT2D eigenvalue weighted by Crippen LogP contribution is 2.29. The first-order chi connectivity index (χ1) is 7.36. The van der Waals surface area contributed by atoms with Crippen LogP contribution in [0.15, 0.2) is 30.5 Å². The van der Waals surface area contributed by atoms with Gasteiger partial charge in [-0.05, 0) is 17.2 Å². The van der Waals surface area contributed by atoms with Crippen LogP contribution in [0.5, 0.6) is 0 Å². The van der Waals surface area contributed by atoms with Crippen molar-refractivity contribution >= 4 is 6.08 Å². The molecule has 0 radical (unpaired) electrons. The Morgan fingerprint density at radius 2 is 2.27 bits per heavy atom. The van der Waals surface area contributed by atoms with E-state index < -0.39 is 0 Å². The third kappa shape index (κ3) is 1.72. The molecule has 1 heterocycles. The van der Waals surface area contributed by atoms with Crippen molar-refractivity contribution in [2.45, 2.75) is 6.04 Å². The van der Waals surface area contributed by atoms with E-state index in [1.165, 1.54) is 0 Å².